The standard InChI is InChI=1S/C17H28N4O/c1-17(2,3)11-16(22)20(4)14-7-9-21(10-8-14)15-6-5-13(18)12-19-15/h5-6,12,14H,7-11,18H2,1-4H3. The summed E-state index contributed by atoms with van der Waals surface area (Å²) in [6, 6.07) is 4.18. The highest BCUT2D eigenvalue weighted by atomic mass is 16.2. The first-order valence-corrected chi connectivity index (χ1v) is 7.98. The molecule has 1 aromatic heterocycles. The van der Waals surface area contributed by atoms with Crippen molar-refractivity contribution in [3.63, 3.8) is 0 Å². The summed E-state index contributed by atoms with van der Waals surface area (Å²) in [5.41, 5.74) is 6.40. The quantitative estimate of drug-likeness (QED) is 0.932. The van der Waals surface area contributed by atoms with Crippen molar-refractivity contribution in [3.05, 3.63) is 18.3 Å². The van der Waals surface area contributed by atoms with Crippen molar-refractivity contribution in [2.24, 2.45) is 5.41 Å². The average Bonchev–Trinajstić information content (AvgIpc) is 2.46. The van der Waals surface area contributed by atoms with Gasteiger partial charge in [-0.25, -0.2) is 4.98 Å². The lowest BCUT2D eigenvalue weighted by atomic mass is 9.91. The van der Waals surface area contributed by atoms with Crippen LogP contribution in [0.3, 0.4) is 0 Å². The molecular formula is C17H28N4O. The average molecular weight is 304 g/mol. The third-order valence-electron chi connectivity index (χ3n) is 4.18. The highest BCUT2D eigenvalue weighted by molar-refractivity contribution is 5.76. The molecule has 0 atom stereocenters. The minimum atomic E-state index is 0.0416. The van der Waals surface area contributed by atoms with Crippen LogP contribution in [-0.4, -0.2) is 42.0 Å². The Morgan fingerprint density at radius 3 is 2.50 bits per heavy atom. The van der Waals surface area contributed by atoms with E-state index in [1.165, 1.54) is 0 Å². The van der Waals surface area contributed by atoms with Crippen molar-refractivity contribution in [1.29, 1.82) is 0 Å². The minimum absolute atomic E-state index is 0.0416. The zero-order valence-electron chi connectivity index (χ0n) is 14.2. The predicted octanol–water partition coefficient (Wildman–Crippen LogP) is 2.53. The van der Waals surface area contributed by atoms with Crippen LogP contribution in [0.15, 0.2) is 18.3 Å². The monoisotopic (exact) mass is 304 g/mol. The molecule has 2 N–H and O–H groups in total. The van der Waals surface area contributed by atoms with E-state index in [1.54, 1.807) is 6.20 Å². The molecule has 1 fully saturated rings. The number of nitrogens with zero attached hydrogens (tertiary/aromatic N) is 3. The van der Waals surface area contributed by atoms with E-state index in [2.05, 4.69) is 30.7 Å². The lowest BCUT2D eigenvalue weighted by Gasteiger charge is -2.38. The molecule has 0 aromatic carbocycles. The number of rotatable bonds is 3. The van der Waals surface area contributed by atoms with Crippen LogP contribution in [0.25, 0.3) is 0 Å². The summed E-state index contributed by atoms with van der Waals surface area (Å²) in [5.74, 6) is 1.22. The third-order valence-corrected chi connectivity index (χ3v) is 4.18. The van der Waals surface area contributed by atoms with Gasteiger partial charge in [-0.2, -0.15) is 0 Å². The molecule has 1 aliphatic rings. The number of carbonyl (C=O) groups is 1. The zero-order valence-corrected chi connectivity index (χ0v) is 14.2. The first-order valence-electron chi connectivity index (χ1n) is 7.98. The molecule has 0 unspecified atom stereocenters. The number of aromatic nitrogens is 1. The summed E-state index contributed by atoms with van der Waals surface area (Å²) >= 11 is 0. The summed E-state index contributed by atoms with van der Waals surface area (Å²) < 4.78 is 0. The Hall–Kier alpha value is -1.78. The summed E-state index contributed by atoms with van der Waals surface area (Å²) in [5, 5.41) is 0. The third kappa shape index (κ3) is 4.36. The second kappa shape index (κ2) is 6.55. The first-order chi connectivity index (χ1) is 10.3. The largest absolute Gasteiger partial charge is 0.397 e. The smallest absolute Gasteiger partial charge is 0.223 e. The fourth-order valence-electron chi connectivity index (χ4n) is 2.85. The topological polar surface area (TPSA) is 62.5 Å². The van der Waals surface area contributed by atoms with Gasteiger partial charge in [-0.1, -0.05) is 20.8 Å². The number of hydrogen-bond donors (Lipinski definition) is 1. The molecule has 22 heavy (non-hydrogen) atoms. The van der Waals surface area contributed by atoms with Crippen molar-refractivity contribution in [2.45, 2.75) is 46.1 Å². The first kappa shape index (κ1) is 16.6. The Labute approximate surface area is 133 Å². The Bertz CT molecular complexity index is 498. The van der Waals surface area contributed by atoms with E-state index < -0.39 is 0 Å². The van der Waals surface area contributed by atoms with Crippen LogP contribution < -0.4 is 10.6 Å². The summed E-state index contributed by atoms with van der Waals surface area (Å²) in [6.45, 7) is 8.17. The van der Waals surface area contributed by atoms with Gasteiger partial charge < -0.3 is 15.5 Å². The van der Waals surface area contributed by atoms with E-state index >= 15 is 0 Å². The molecule has 0 aliphatic carbocycles. The lowest BCUT2D eigenvalue weighted by molar-refractivity contribution is -0.134. The Morgan fingerprint density at radius 2 is 2.00 bits per heavy atom. The number of amides is 1. The number of carbonyl (C=O) groups excluding carboxylic acids is 1. The molecule has 0 spiro atoms. The van der Waals surface area contributed by atoms with Gasteiger partial charge in [0, 0.05) is 32.6 Å². The van der Waals surface area contributed by atoms with Gasteiger partial charge in [0.2, 0.25) is 5.91 Å². The van der Waals surface area contributed by atoms with E-state index in [-0.39, 0.29) is 11.3 Å². The summed E-state index contributed by atoms with van der Waals surface area (Å²) in [6.07, 6.45) is 4.26. The van der Waals surface area contributed by atoms with Gasteiger partial charge in [0.05, 0.1) is 11.9 Å². The molecule has 1 saturated heterocycles. The maximum atomic E-state index is 12.3. The molecule has 5 nitrogen and oxygen atoms in total. The van der Waals surface area contributed by atoms with Crippen molar-refractivity contribution in [3.8, 4) is 0 Å². The van der Waals surface area contributed by atoms with E-state index in [1.807, 2.05) is 24.1 Å². The molecule has 1 aromatic rings. The van der Waals surface area contributed by atoms with Crippen LogP contribution >= 0.6 is 0 Å². The minimum Gasteiger partial charge on any atom is -0.397 e. The van der Waals surface area contributed by atoms with Gasteiger partial charge in [0.1, 0.15) is 5.82 Å². The molecular weight excluding hydrogens is 276 g/mol. The highest BCUT2D eigenvalue weighted by Gasteiger charge is 2.27. The molecule has 122 valence electrons. The Morgan fingerprint density at radius 1 is 1.36 bits per heavy atom. The van der Waals surface area contributed by atoms with Crippen LogP contribution in [0.4, 0.5) is 11.5 Å². The maximum Gasteiger partial charge on any atom is 0.223 e. The van der Waals surface area contributed by atoms with Crippen LogP contribution in [0.5, 0.6) is 0 Å². The van der Waals surface area contributed by atoms with E-state index in [4.69, 9.17) is 5.73 Å². The molecule has 2 heterocycles. The van der Waals surface area contributed by atoms with E-state index in [0.29, 0.717) is 18.2 Å². The highest BCUT2D eigenvalue weighted by Crippen LogP contribution is 2.24. The van der Waals surface area contributed by atoms with Gasteiger partial charge >= 0.3 is 0 Å². The number of hydrogen-bond acceptors (Lipinski definition) is 4. The van der Waals surface area contributed by atoms with E-state index in [0.717, 1.165) is 31.7 Å². The molecule has 2 rings (SSSR count). The fraction of sp³-hybridized carbons (Fsp3) is 0.647. The number of piperidine rings is 1. The molecule has 0 saturated carbocycles. The van der Waals surface area contributed by atoms with Gasteiger partial charge in [-0.15, -0.1) is 0 Å². The Balaban J connectivity index is 1.88. The lowest BCUT2D eigenvalue weighted by Crippen LogP contribution is -2.46. The normalized spacial score (nSPS) is 16.6. The van der Waals surface area contributed by atoms with Crippen LogP contribution in [0, 0.1) is 5.41 Å². The van der Waals surface area contributed by atoms with Crippen molar-refractivity contribution < 1.29 is 4.79 Å². The number of nitrogens with two attached hydrogens (primary N) is 1. The summed E-state index contributed by atoms with van der Waals surface area (Å²) in [4.78, 5) is 20.9. The van der Waals surface area contributed by atoms with Gasteiger partial charge in [0.15, 0.2) is 0 Å². The van der Waals surface area contributed by atoms with Crippen LogP contribution in [-0.2, 0) is 4.79 Å². The van der Waals surface area contributed by atoms with Crippen molar-refractivity contribution in [1.82, 2.24) is 9.88 Å². The van der Waals surface area contributed by atoms with E-state index in [9.17, 15) is 4.79 Å². The zero-order chi connectivity index (χ0) is 16.3. The van der Waals surface area contributed by atoms with Gasteiger partial charge in [-0.3, -0.25) is 4.79 Å². The summed E-state index contributed by atoms with van der Waals surface area (Å²) in [7, 11) is 1.94. The number of nitrogen functional groups attached to an aromatic ring is 1. The number of pyridine rings is 1. The van der Waals surface area contributed by atoms with Gasteiger partial charge in [-0.05, 0) is 30.4 Å². The maximum absolute atomic E-state index is 12.3. The second-order valence-electron chi connectivity index (χ2n) is 7.41. The Kier molecular flexibility index (Phi) is 4.94. The molecule has 1 amide bonds. The van der Waals surface area contributed by atoms with Crippen LogP contribution in [0.2, 0.25) is 0 Å². The molecule has 0 bridgehead atoms. The molecule has 1 aliphatic heterocycles. The van der Waals surface area contributed by atoms with Crippen molar-refractivity contribution in [2.75, 3.05) is 30.8 Å². The molecule has 5 heteroatoms. The number of anilines is 2. The van der Waals surface area contributed by atoms with Gasteiger partial charge in [0.25, 0.3) is 0 Å². The predicted molar refractivity (Wildman–Crippen MR) is 90.7 cm³/mol. The molecule has 0 radical (unpaired) electrons. The second-order valence-corrected chi connectivity index (χ2v) is 7.41. The van der Waals surface area contributed by atoms with Crippen molar-refractivity contribution >= 4 is 17.4 Å². The van der Waals surface area contributed by atoms with Crippen LogP contribution in [0.1, 0.15) is 40.0 Å². The SMILES string of the molecule is CN(C(=O)CC(C)(C)C)C1CCN(c2ccc(N)cn2)CC1. The fourth-order valence-corrected chi connectivity index (χ4v) is 2.85.